The summed E-state index contributed by atoms with van der Waals surface area (Å²) in [6.07, 6.45) is 6.33. The van der Waals surface area contributed by atoms with E-state index in [1.807, 2.05) is 13.0 Å². The van der Waals surface area contributed by atoms with Crippen LogP contribution in [0, 0.1) is 6.92 Å². The van der Waals surface area contributed by atoms with Crippen LogP contribution in [-0.4, -0.2) is 25.6 Å². The summed E-state index contributed by atoms with van der Waals surface area (Å²) in [6.45, 7) is 1.91. The van der Waals surface area contributed by atoms with Crippen LogP contribution in [0.15, 0.2) is 31.0 Å². The molecule has 2 aromatic heterocycles. The van der Waals surface area contributed by atoms with Gasteiger partial charge in [-0.2, -0.15) is 0 Å². The minimum atomic E-state index is -1.03. The van der Waals surface area contributed by atoms with Gasteiger partial charge >= 0.3 is 5.97 Å². The van der Waals surface area contributed by atoms with E-state index >= 15 is 0 Å². The minimum Gasteiger partial charge on any atom is -0.476 e. The van der Waals surface area contributed by atoms with Gasteiger partial charge in [-0.3, -0.25) is 4.98 Å². The number of aromatic carboxylic acids is 1. The van der Waals surface area contributed by atoms with Crippen LogP contribution in [0.25, 0.3) is 5.69 Å². The molecule has 0 spiro atoms. The Bertz CT molecular complexity index is 505. The Hall–Kier alpha value is -2.17. The van der Waals surface area contributed by atoms with Crippen molar-refractivity contribution in [1.82, 2.24) is 14.5 Å². The number of pyridine rings is 1. The second-order valence-corrected chi connectivity index (χ2v) is 3.13. The highest BCUT2D eigenvalue weighted by Gasteiger charge is 2.08. The highest BCUT2D eigenvalue weighted by molar-refractivity contribution is 5.85. The first kappa shape index (κ1) is 9.39. The van der Waals surface area contributed by atoms with Crippen molar-refractivity contribution in [3.8, 4) is 5.69 Å². The second kappa shape index (κ2) is 3.53. The van der Waals surface area contributed by atoms with Crippen LogP contribution in [0.1, 0.15) is 16.1 Å². The fraction of sp³-hybridized carbons (Fsp3) is 0.100. The van der Waals surface area contributed by atoms with E-state index in [2.05, 4.69) is 9.97 Å². The minimum absolute atomic E-state index is 0.0335. The van der Waals surface area contributed by atoms with E-state index in [4.69, 9.17) is 5.11 Å². The molecule has 0 saturated carbocycles. The summed E-state index contributed by atoms with van der Waals surface area (Å²) in [7, 11) is 0. The van der Waals surface area contributed by atoms with Gasteiger partial charge in [0.05, 0.1) is 5.69 Å². The van der Waals surface area contributed by atoms with Crippen LogP contribution in [0.4, 0.5) is 0 Å². The van der Waals surface area contributed by atoms with E-state index in [1.165, 1.54) is 12.5 Å². The van der Waals surface area contributed by atoms with Crippen molar-refractivity contribution in [3.05, 3.63) is 42.2 Å². The van der Waals surface area contributed by atoms with Gasteiger partial charge in [0.2, 0.25) is 0 Å². The van der Waals surface area contributed by atoms with Crippen molar-refractivity contribution >= 4 is 5.97 Å². The lowest BCUT2D eigenvalue weighted by Crippen LogP contribution is -1.97. The molecular formula is C10H9N3O2. The van der Waals surface area contributed by atoms with Gasteiger partial charge in [0.1, 0.15) is 6.33 Å². The monoisotopic (exact) mass is 203 g/mol. The zero-order chi connectivity index (χ0) is 10.8. The normalized spacial score (nSPS) is 10.2. The number of nitrogens with zero attached hydrogens (tertiary/aromatic N) is 3. The number of rotatable bonds is 2. The summed E-state index contributed by atoms with van der Waals surface area (Å²) >= 11 is 0. The van der Waals surface area contributed by atoms with E-state index in [-0.39, 0.29) is 5.69 Å². The van der Waals surface area contributed by atoms with E-state index in [0.717, 1.165) is 11.3 Å². The van der Waals surface area contributed by atoms with E-state index in [9.17, 15) is 4.79 Å². The molecule has 1 N–H and O–H groups in total. The highest BCUT2D eigenvalue weighted by Crippen LogP contribution is 2.12. The van der Waals surface area contributed by atoms with Crippen LogP contribution in [0.3, 0.4) is 0 Å². The topological polar surface area (TPSA) is 68.0 Å². The third kappa shape index (κ3) is 1.71. The largest absolute Gasteiger partial charge is 0.476 e. The fourth-order valence-corrected chi connectivity index (χ4v) is 1.32. The third-order valence-electron chi connectivity index (χ3n) is 2.07. The van der Waals surface area contributed by atoms with Crippen LogP contribution in [0.5, 0.6) is 0 Å². The summed E-state index contributed by atoms with van der Waals surface area (Å²) in [5.41, 5.74) is 1.88. The summed E-state index contributed by atoms with van der Waals surface area (Å²) in [6, 6.07) is 1.81. The zero-order valence-electron chi connectivity index (χ0n) is 8.08. The summed E-state index contributed by atoms with van der Waals surface area (Å²) in [4.78, 5) is 18.4. The van der Waals surface area contributed by atoms with Crippen LogP contribution in [-0.2, 0) is 0 Å². The van der Waals surface area contributed by atoms with Gasteiger partial charge in [-0.05, 0) is 18.6 Å². The summed E-state index contributed by atoms with van der Waals surface area (Å²) in [5.74, 6) is -1.03. The predicted molar refractivity (Wildman–Crippen MR) is 53.1 cm³/mol. The average Bonchev–Trinajstić information content (AvgIpc) is 2.67. The van der Waals surface area contributed by atoms with Gasteiger partial charge in [-0.15, -0.1) is 0 Å². The van der Waals surface area contributed by atoms with Crippen molar-refractivity contribution in [2.75, 3.05) is 0 Å². The van der Waals surface area contributed by atoms with Crippen molar-refractivity contribution < 1.29 is 9.90 Å². The molecule has 0 bridgehead atoms. The van der Waals surface area contributed by atoms with Crippen molar-refractivity contribution in [1.29, 1.82) is 0 Å². The van der Waals surface area contributed by atoms with Crippen molar-refractivity contribution in [2.45, 2.75) is 6.92 Å². The second-order valence-electron chi connectivity index (χ2n) is 3.13. The molecule has 15 heavy (non-hydrogen) atoms. The number of carboxylic acid groups (broad SMARTS) is 1. The molecule has 76 valence electrons. The molecule has 0 aliphatic carbocycles. The molecule has 2 aromatic rings. The average molecular weight is 203 g/mol. The Kier molecular flexibility index (Phi) is 2.21. The van der Waals surface area contributed by atoms with Gasteiger partial charge in [0, 0.05) is 18.6 Å². The van der Waals surface area contributed by atoms with Gasteiger partial charge in [0.15, 0.2) is 5.69 Å². The van der Waals surface area contributed by atoms with Crippen LogP contribution >= 0.6 is 0 Å². The fourth-order valence-electron chi connectivity index (χ4n) is 1.32. The van der Waals surface area contributed by atoms with Crippen LogP contribution in [0.2, 0.25) is 0 Å². The lowest BCUT2D eigenvalue weighted by molar-refractivity contribution is 0.0691. The highest BCUT2D eigenvalue weighted by atomic mass is 16.4. The molecule has 0 fully saturated rings. The molecule has 2 rings (SSSR count). The first-order valence-corrected chi connectivity index (χ1v) is 4.37. The molecule has 0 aliphatic rings. The SMILES string of the molecule is Cc1cnccc1-n1cnc(C(=O)O)c1. The number of carbonyl (C=O) groups is 1. The lowest BCUT2D eigenvalue weighted by atomic mass is 10.2. The molecule has 0 aromatic carbocycles. The molecule has 0 radical (unpaired) electrons. The molecule has 0 aliphatic heterocycles. The van der Waals surface area contributed by atoms with Crippen molar-refractivity contribution in [3.63, 3.8) is 0 Å². The number of aromatic nitrogens is 3. The molecule has 5 heteroatoms. The molecule has 0 unspecified atom stereocenters. The smallest absolute Gasteiger partial charge is 0.356 e. The van der Waals surface area contributed by atoms with E-state index in [1.54, 1.807) is 17.0 Å². The first-order valence-electron chi connectivity index (χ1n) is 4.37. The number of hydrogen-bond donors (Lipinski definition) is 1. The van der Waals surface area contributed by atoms with E-state index < -0.39 is 5.97 Å². The summed E-state index contributed by atoms with van der Waals surface area (Å²) < 4.78 is 1.67. The van der Waals surface area contributed by atoms with E-state index in [0.29, 0.717) is 0 Å². The lowest BCUT2D eigenvalue weighted by Gasteiger charge is -2.03. The first-order chi connectivity index (χ1) is 7.18. The number of carboxylic acids is 1. The summed E-state index contributed by atoms with van der Waals surface area (Å²) in [5, 5.41) is 8.73. The Morgan fingerprint density at radius 3 is 2.93 bits per heavy atom. The van der Waals surface area contributed by atoms with Crippen LogP contribution < -0.4 is 0 Å². The predicted octanol–water partition coefficient (Wildman–Crippen LogP) is 1.27. The standard InChI is InChI=1S/C10H9N3O2/c1-7-4-11-3-2-9(7)13-5-8(10(14)15)12-6-13/h2-6H,1H3,(H,14,15). The molecular weight excluding hydrogens is 194 g/mol. The zero-order valence-corrected chi connectivity index (χ0v) is 8.08. The van der Waals surface area contributed by atoms with Crippen molar-refractivity contribution in [2.24, 2.45) is 0 Å². The number of aryl methyl sites for hydroxylation is 1. The van der Waals surface area contributed by atoms with Gasteiger partial charge in [-0.25, -0.2) is 9.78 Å². The third-order valence-corrected chi connectivity index (χ3v) is 2.07. The molecule has 0 amide bonds. The molecule has 0 atom stereocenters. The Morgan fingerprint density at radius 1 is 1.53 bits per heavy atom. The quantitative estimate of drug-likeness (QED) is 0.798. The molecule has 2 heterocycles. The Labute approximate surface area is 86.0 Å². The maximum Gasteiger partial charge on any atom is 0.356 e. The Morgan fingerprint density at radius 2 is 2.33 bits per heavy atom. The Balaban J connectivity index is 2.46. The maximum atomic E-state index is 10.6. The molecule has 0 saturated heterocycles. The maximum absolute atomic E-state index is 10.6. The van der Waals surface area contributed by atoms with Gasteiger partial charge in [-0.1, -0.05) is 0 Å². The van der Waals surface area contributed by atoms with Gasteiger partial charge < -0.3 is 9.67 Å². The number of imidazole rings is 1. The molecule has 5 nitrogen and oxygen atoms in total. The number of hydrogen-bond acceptors (Lipinski definition) is 3. The van der Waals surface area contributed by atoms with Gasteiger partial charge in [0.25, 0.3) is 0 Å².